The number of nitrogen functional groups attached to an aromatic ring is 1. The molecule has 0 radical (unpaired) electrons. The molecule has 2 aromatic rings. The van der Waals surface area contributed by atoms with Gasteiger partial charge in [-0.3, -0.25) is 0 Å². The van der Waals surface area contributed by atoms with Crippen LogP contribution < -0.4 is 11.1 Å². The number of hydrogen-bond donors (Lipinski definition) is 2. The van der Waals surface area contributed by atoms with Gasteiger partial charge in [-0.05, 0) is 34.1 Å². The Bertz CT molecular complexity index is 585. The smallest absolute Gasteiger partial charge is 0.149 e. The Hall–Kier alpha value is -1.33. The van der Waals surface area contributed by atoms with Crippen LogP contribution in [0.3, 0.4) is 0 Å². The third kappa shape index (κ3) is 2.57. The number of halogens is 4. The molecule has 0 heterocycles. The van der Waals surface area contributed by atoms with E-state index in [0.29, 0.717) is 16.4 Å². The highest BCUT2D eigenvalue weighted by atomic mass is 79.9. The summed E-state index contributed by atoms with van der Waals surface area (Å²) < 4.78 is 26.8. The number of benzene rings is 2. The predicted octanol–water partition coefficient (Wildman–Crippen LogP) is 4.71. The van der Waals surface area contributed by atoms with Crippen LogP contribution in [0.15, 0.2) is 34.8 Å². The average Bonchev–Trinajstić information content (AvgIpc) is 2.30. The highest BCUT2D eigenvalue weighted by Gasteiger charge is 2.11. The van der Waals surface area contributed by atoms with Crippen molar-refractivity contribution in [2.45, 2.75) is 0 Å². The topological polar surface area (TPSA) is 38.0 Å². The number of para-hydroxylation sites is 1. The molecule has 0 saturated heterocycles. The highest BCUT2D eigenvalue weighted by Crippen LogP contribution is 2.33. The summed E-state index contributed by atoms with van der Waals surface area (Å²) in [6.07, 6.45) is 0. The molecule has 0 aliphatic heterocycles. The van der Waals surface area contributed by atoms with Gasteiger partial charge in [0.05, 0.1) is 26.6 Å². The van der Waals surface area contributed by atoms with E-state index >= 15 is 0 Å². The fourth-order valence-corrected chi connectivity index (χ4v) is 2.00. The van der Waals surface area contributed by atoms with Gasteiger partial charge in [0.2, 0.25) is 0 Å². The molecular formula is C12H8BrClF2N2. The van der Waals surface area contributed by atoms with E-state index in [-0.39, 0.29) is 10.2 Å². The molecule has 6 heteroatoms. The second-order valence-corrected chi connectivity index (χ2v) is 4.84. The molecule has 0 aromatic heterocycles. The minimum absolute atomic E-state index is 0.0862. The molecule has 0 atom stereocenters. The van der Waals surface area contributed by atoms with Gasteiger partial charge in [-0.1, -0.05) is 17.7 Å². The van der Waals surface area contributed by atoms with Crippen LogP contribution in [-0.2, 0) is 0 Å². The number of rotatable bonds is 2. The fourth-order valence-electron chi connectivity index (χ4n) is 1.43. The summed E-state index contributed by atoms with van der Waals surface area (Å²) in [4.78, 5) is 0. The average molecular weight is 334 g/mol. The molecule has 0 spiro atoms. The van der Waals surface area contributed by atoms with Crippen LogP contribution in [-0.4, -0.2) is 0 Å². The first kappa shape index (κ1) is 13.1. The number of nitrogens with one attached hydrogen (secondary N) is 1. The normalized spacial score (nSPS) is 10.4. The largest absolute Gasteiger partial charge is 0.397 e. The van der Waals surface area contributed by atoms with Gasteiger partial charge in [-0.15, -0.1) is 0 Å². The molecule has 0 bridgehead atoms. The van der Waals surface area contributed by atoms with Crippen LogP contribution in [0.25, 0.3) is 0 Å². The third-order valence-corrected chi connectivity index (χ3v) is 3.24. The second-order valence-electron chi connectivity index (χ2n) is 3.58. The van der Waals surface area contributed by atoms with Crippen LogP contribution in [0.1, 0.15) is 0 Å². The van der Waals surface area contributed by atoms with Crippen molar-refractivity contribution < 1.29 is 8.78 Å². The van der Waals surface area contributed by atoms with Crippen LogP contribution in [0.2, 0.25) is 5.02 Å². The van der Waals surface area contributed by atoms with Crippen molar-refractivity contribution in [3.05, 3.63) is 51.5 Å². The van der Waals surface area contributed by atoms with Crippen molar-refractivity contribution >= 4 is 44.6 Å². The van der Waals surface area contributed by atoms with Crippen molar-refractivity contribution in [1.29, 1.82) is 0 Å². The van der Waals surface area contributed by atoms with E-state index in [0.717, 1.165) is 6.07 Å². The van der Waals surface area contributed by atoms with Gasteiger partial charge in [-0.25, -0.2) is 8.78 Å². The van der Waals surface area contributed by atoms with Gasteiger partial charge in [0, 0.05) is 6.07 Å². The Balaban J connectivity index is 2.43. The summed E-state index contributed by atoms with van der Waals surface area (Å²) in [5.74, 6) is -1.40. The Morgan fingerprint density at radius 2 is 1.89 bits per heavy atom. The zero-order valence-corrected chi connectivity index (χ0v) is 11.3. The van der Waals surface area contributed by atoms with Crippen LogP contribution >= 0.6 is 27.5 Å². The van der Waals surface area contributed by atoms with E-state index in [2.05, 4.69) is 21.2 Å². The Morgan fingerprint density at radius 3 is 2.56 bits per heavy atom. The standard InChI is InChI=1S/C12H8BrClF2N2/c13-6-4-11(9(16)5-8(6)15)18-12-7(14)2-1-3-10(12)17/h1-5,18H,17H2. The summed E-state index contributed by atoms with van der Waals surface area (Å²) in [6, 6.07) is 6.99. The number of hydrogen-bond acceptors (Lipinski definition) is 2. The Kier molecular flexibility index (Phi) is 3.73. The van der Waals surface area contributed by atoms with Gasteiger partial charge in [0.15, 0.2) is 0 Å². The maximum absolute atomic E-state index is 13.6. The number of anilines is 3. The lowest BCUT2D eigenvalue weighted by atomic mass is 10.2. The molecule has 0 aliphatic carbocycles. The molecule has 94 valence electrons. The molecular weight excluding hydrogens is 325 g/mol. The molecule has 0 saturated carbocycles. The zero-order chi connectivity index (χ0) is 13.3. The van der Waals surface area contributed by atoms with Crippen LogP contribution in [0.5, 0.6) is 0 Å². The minimum Gasteiger partial charge on any atom is -0.397 e. The monoisotopic (exact) mass is 332 g/mol. The summed E-state index contributed by atoms with van der Waals surface area (Å²) in [5, 5.41) is 3.10. The van der Waals surface area contributed by atoms with E-state index in [1.54, 1.807) is 18.2 Å². The first-order chi connectivity index (χ1) is 8.49. The van der Waals surface area contributed by atoms with Crippen molar-refractivity contribution in [1.82, 2.24) is 0 Å². The Labute approximate surface area is 116 Å². The molecule has 0 amide bonds. The lowest BCUT2D eigenvalue weighted by Gasteiger charge is -2.12. The number of nitrogens with two attached hydrogens (primary N) is 1. The lowest BCUT2D eigenvalue weighted by Crippen LogP contribution is -1.99. The first-order valence-electron chi connectivity index (χ1n) is 4.94. The molecule has 18 heavy (non-hydrogen) atoms. The minimum atomic E-state index is -0.727. The van der Waals surface area contributed by atoms with E-state index in [1.165, 1.54) is 6.07 Å². The maximum Gasteiger partial charge on any atom is 0.149 e. The lowest BCUT2D eigenvalue weighted by molar-refractivity contribution is 0.581. The van der Waals surface area contributed by atoms with E-state index < -0.39 is 11.6 Å². The van der Waals surface area contributed by atoms with E-state index in [9.17, 15) is 8.78 Å². The van der Waals surface area contributed by atoms with Crippen molar-refractivity contribution in [3.63, 3.8) is 0 Å². The van der Waals surface area contributed by atoms with Crippen molar-refractivity contribution in [3.8, 4) is 0 Å². The van der Waals surface area contributed by atoms with Gasteiger partial charge in [0.25, 0.3) is 0 Å². The molecule has 2 aromatic carbocycles. The highest BCUT2D eigenvalue weighted by molar-refractivity contribution is 9.10. The molecule has 0 aliphatic rings. The molecule has 3 N–H and O–H groups in total. The zero-order valence-electron chi connectivity index (χ0n) is 8.98. The van der Waals surface area contributed by atoms with Crippen molar-refractivity contribution in [2.75, 3.05) is 11.1 Å². The third-order valence-electron chi connectivity index (χ3n) is 2.32. The summed E-state index contributed by atoms with van der Waals surface area (Å²) >= 11 is 8.94. The van der Waals surface area contributed by atoms with Crippen LogP contribution in [0.4, 0.5) is 25.8 Å². The van der Waals surface area contributed by atoms with Crippen molar-refractivity contribution in [2.24, 2.45) is 0 Å². The summed E-state index contributed by atoms with van der Waals surface area (Å²) in [5.41, 5.74) is 6.58. The maximum atomic E-state index is 13.6. The first-order valence-corrected chi connectivity index (χ1v) is 6.11. The molecule has 2 nitrogen and oxygen atoms in total. The quantitative estimate of drug-likeness (QED) is 0.617. The fraction of sp³-hybridized carbons (Fsp3) is 0. The van der Waals surface area contributed by atoms with E-state index in [1.807, 2.05) is 0 Å². The van der Waals surface area contributed by atoms with Crippen LogP contribution in [0, 0.1) is 11.6 Å². The van der Waals surface area contributed by atoms with Gasteiger partial charge >= 0.3 is 0 Å². The van der Waals surface area contributed by atoms with E-state index in [4.69, 9.17) is 17.3 Å². The van der Waals surface area contributed by atoms with Gasteiger partial charge in [0.1, 0.15) is 11.6 Å². The Morgan fingerprint density at radius 1 is 1.17 bits per heavy atom. The molecule has 0 unspecified atom stereocenters. The SMILES string of the molecule is Nc1cccc(Cl)c1Nc1cc(Br)c(F)cc1F. The summed E-state index contributed by atoms with van der Waals surface area (Å²) in [6.45, 7) is 0. The predicted molar refractivity (Wildman–Crippen MR) is 73.2 cm³/mol. The van der Waals surface area contributed by atoms with Gasteiger partial charge < -0.3 is 11.1 Å². The second kappa shape index (κ2) is 5.12. The molecule has 2 rings (SSSR count). The summed E-state index contributed by atoms with van der Waals surface area (Å²) in [7, 11) is 0. The molecule has 0 fully saturated rings. The van der Waals surface area contributed by atoms with Gasteiger partial charge in [-0.2, -0.15) is 0 Å².